The molecule has 9 heteroatoms. The van der Waals surface area contributed by atoms with Gasteiger partial charge in [-0.25, -0.2) is 13.8 Å². The van der Waals surface area contributed by atoms with E-state index < -0.39 is 0 Å². The van der Waals surface area contributed by atoms with Crippen LogP contribution in [0.25, 0.3) is 11.0 Å². The minimum Gasteiger partial charge on any atom is -0.395 e. The van der Waals surface area contributed by atoms with Crippen molar-refractivity contribution in [1.82, 2.24) is 14.5 Å². The third-order valence-electron chi connectivity index (χ3n) is 7.29. The number of benzene rings is 2. The molecule has 0 radical (unpaired) electrons. The van der Waals surface area contributed by atoms with Gasteiger partial charge in [0.25, 0.3) is 5.56 Å². The van der Waals surface area contributed by atoms with Crippen molar-refractivity contribution in [2.24, 2.45) is 7.05 Å². The molecule has 3 heterocycles. The third kappa shape index (κ3) is 4.64. The number of aryl methyl sites for hydroxylation is 1. The maximum absolute atomic E-state index is 13.8. The Morgan fingerprint density at radius 2 is 1.63 bits per heavy atom. The van der Waals surface area contributed by atoms with Crippen LogP contribution in [0.4, 0.5) is 14.5 Å². The van der Waals surface area contributed by atoms with Gasteiger partial charge in [-0.3, -0.25) is 9.69 Å². The molecule has 0 unspecified atom stereocenters. The third-order valence-corrected chi connectivity index (χ3v) is 7.29. The molecule has 2 atom stereocenters. The predicted octanol–water partition coefficient (Wildman–Crippen LogP) is 3.74. The summed E-state index contributed by atoms with van der Waals surface area (Å²) < 4.78 is 29.0. The summed E-state index contributed by atoms with van der Waals surface area (Å²) in [7, 11) is 1.66. The number of halogens is 2. The van der Waals surface area contributed by atoms with Crippen molar-refractivity contribution >= 4 is 16.7 Å². The first kappa shape index (κ1) is 25.5. The van der Waals surface area contributed by atoms with E-state index >= 15 is 0 Å². The number of fused-ring (bicyclic) bond motifs is 1. The molecule has 2 aromatic heterocycles. The van der Waals surface area contributed by atoms with Gasteiger partial charge in [-0.1, -0.05) is 24.3 Å². The van der Waals surface area contributed by atoms with Gasteiger partial charge in [0.15, 0.2) is 0 Å². The first-order valence-electron chi connectivity index (χ1n) is 12.4. The van der Waals surface area contributed by atoms with Gasteiger partial charge in [0.2, 0.25) is 0 Å². The molecule has 4 aromatic rings. The number of hydrogen-bond donors (Lipinski definition) is 1. The van der Waals surface area contributed by atoms with E-state index in [9.17, 15) is 23.9 Å². The lowest BCUT2D eigenvalue weighted by Gasteiger charge is -2.49. The van der Waals surface area contributed by atoms with Gasteiger partial charge < -0.3 is 14.6 Å². The average molecular weight is 516 g/mol. The van der Waals surface area contributed by atoms with Crippen LogP contribution in [0.2, 0.25) is 0 Å². The average Bonchev–Trinajstić information content (AvgIpc) is 2.93. The van der Waals surface area contributed by atoms with Crippen LogP contribution in [0.1, 0.15) is 29.8 Å². The quantitative estimate of drug-likeness (QED) is 0.436. The zero-order chi connectivity index (χ0) is 27.0. The van der Waals surface area contributed by atoms with Crippen LogP contribution in [0, 0.1) is 23.0 Å². The molecular formula is C29H27F2N5O2. The monoisotopic (exact) mass is 515 g/mol. The number of aliphatic hydroxyl groups is 1. The highest BCUT2D eigenvalue weighted by Gasteiger charge is 2.37. The van der Waals surface area contributed by atoms with Crippen LogP contribution in [-0.2, 0) is 7.05 Å². The highest BCUT2D eigenvalue weighted by Crippen LogP contribution is 2.36. The standard InChI is InChI=1S/C29H27F2N5O2/c1-18-15-36(29(19-3-7-21(30)8-4-19)20-5-9-22(31)10-6-20)24(17-37)16-35(18)26-13-27(38)34(2)25-12-11-23(14-32)33-28(25)26/h3-13,18,24,29,37H,15-17H2,1-2H3/t18-,24-/m0/s1. The summed E-state index contributed by atoms with van der Waals surface area (Å²) in [6, 6.07) is 18.4. The van der Waals surface area contributed by atoms with Gasteiger partial charge in [-0.2, -0.15) is 5.26 Å². The van der Waals surface area contributed by atoms with Gasteiger partial charge >= 0.3 is 0 Å². The number of pyridine rings is 2. The van der Waals surface area contributed by atoms with Crippen LogP contribution < -0.4 is 10.5 Å². The largest absolute Gasteiger partial charge is 0.395 e. The Labute approximate surface area is 218 Å². The first-order valence-corrected chi connectivity index (χ1v) is 12.4. The molecule has 0 spiro atoms. The number of piperazine rings is 1. The minimum atomic E-state index is -0.371. The van der Waals surface area contributed by atoms with Crippen molar-refractivity contribution in [2.45, 2.75) is 25.0 Å². The zero-order valence-corrected chi connectivity index (χ0v) is 21.1. The highest BCUT2D eigenvalue weighted by atomic mass is 19.1. The Kier molecular flexibility index (Phi) is 6.93. The van der Waals surface area contributed by atoms with E-state index in [4.69, 9.17) is 0 Å². The molecule has 1 aliphatic rings. The number of nitrogens with zero attached hydrogens (tertiary/aromatic N) is 5. The van der Waals surface area contributed by atoms with Gasteiger partial charge in [-0.15, -0.1) is 0 Å². The smallest absolute Gasteiger partial charge is 0.252 e. The van der Waals surface area contributed by atoms with E-state index in [2.05, 4.69) is 16.0 Å². The molecule has 0 saturated carbocycles. The molecule has 0 bridgehead atoms. The number of anilines is 1. The van der Waals surface area contributed by atoms with E-state index in [1.54, 1.807) is 43.4 Å². The second kappa shape index (κ2) is 10.3. The topological polar surface area (TPSA) is 85.4 Å². The molecule has 0 aliphatic carbocycles. The van der Waals surface area contributed by atoms with Gasteiger partial charge in [0.1, 0.15) is 28.9 Å². The Balaban J connectivity index is 1.58. The van der Waals surface area contributed by atoms with Crippen molar-refractivity contribution in [3.05, 3.63) is 106 Å². The van der Waals surface area contributed by atoms with Crippen molar-refractivity contribution in [3.8, 4) is 6.07 Å². The lowest BCUT2D eigenvalue weighted by molar-refractivity contribution is 0.0727. The number of aromatic nitrogens is 2. The summed E-state index contributed by atoms with van der Waals surface area (Å²) in [5.41, 5.74) is 3.42. The number of aliphatic hydroxyl groups excluding tert-OH is 1. The predicted molar refractivity (Wildman–Crippen MR) is 141 cm³/mol. The number of nitriles is 1. The fourth-order valence-corrected chi connectivity index (χ4v) is 5.34. The molecule has 2 aromatic carbocycles. The van der Waals surface area contributed by atoms with Crippen molar-refractivity contribution in [2.75, 3.05) is 24.6 Å². The molecule has 0 amide bonds. The molecule has 1 aliphatic heterocycles. The van der Waals surface area contributed by atoms with Crippen LogP contribution in [0.5, 0.6) is 0 Å². The first-order chi connectivity index (χ1) is 18.3. The summed E-state index contributed by atoms with van der Waals surface area (Å²) >= 11 is 0. The Morgan fingerprint density at radius 3 is 2.18 bits per heavy atom. The summed E-state index contributed by atoms with van der Waals surface area (Å²) in [4.78, 5) is 21.5. The molecule has 1 fully saturated rings. The fourth-order valence-electron chi connectivity index (χ4n) is 5.34. The van der Waals surface area contributed by atoms with Gasteiger partial charge in [-0.05, 0) is 54.4 Å². The Bertz CT molecular complexity index is 1520. The van der Waals surface area contributed by atoms with Gasteiger partial charge in [0, 0.05) is 32.2 Å². The van der Waals surface area contributed by atoms with E-state index in [0.717, 1.165) is 11.1 Å². The van der Waals surface area contributed by atoms with E-state index in [1.807, 2.05) is 11.8 Å². The number of rotatable bonds is 5. The van der Waals surface area contributed by atoms with Crippen molar-refractivity contribution < 1.29 is 13.9 Å². The normalized spacial score (nSPS) is 18.2. The Hall–Kier alpha value is -4.13. The van der Waals surface area contributed by atoms with E-state index in [-0.39, 0.29) is 47.6 Å². The molecule has 194 valence electrons. The molecule has 1 N–H and O–H groups in total. The van der Waals surface area contributed by atoms with Crippen molar-refractivity contribution in [3.63, 3.8) is 0 Å². The summed E-state index contributed by atoms with van der Waals surface area (Å²) in [6.07, 6.45) is 0. The molecule has 7 nitrogen and oxygen atoms in total. The molecule has 38 heavy (non-hydrogen) atoms. The zero-order valence-electron chi connectivity index (χ0n) is 21.1. The molecule has 5 rings (SSSR count). The summed E-state index contributed by atoms with van der Waals surface area (Å²) in [6.45, 7) is 2.70. The second-order valence-electron chi connectivity index (χ2n) is 9.64. The summed E-state index contributed by atoms with van der Waals surface area (Å²) in [5.74, 6) is -0.712. The van der Waals surface area contributed by atoms with Crippen LogP contribution in [0.15, 0.2) is 71.5 Å². The van der Waals surface area contributed by atoms with E-state index in [0.29, 0.717) is 29.8 Å². The minimum absolute atomic E-state index is 0.121. The maximum Gasteiger partial charge on any atom is 0.252 e. The van der Waals surface area contributed by atoms with Crippen LogP contribution in [-0.4, -0.2) is 51.3 Å². The lowest BCUT2D eigenvalue weighted by Crippen LogP contribution is -2.60. The summed E-state index contributed by atoms with van der Waals surface area (Å²) in [5, 5.41) is 19.9. The molecule has 1 saturated heterocycles. The SMILES string of the molecule is C[C@H]1CN(C(c2ccc(F)cc2)c2ccc(F)cc2)[C@H](CO)CN1c1cc(=O)n(C)c2ccc(C#N)nc12. The maximum atomic E-state index is 13.8. The lowest BCUT2D eigenvalue weighted by atomic mass is 9.93. The fraction of sp³-hybridized carbons (Fsp3) is 0.276. The van der Waals surface area contributed by atoms with E-state index in [1.165, 1.54) is 34.9 Å². The molecular weight excluding hydrogens is 488 g/mol. The Morgan fingerprint density at radius 1 is 1.03 bits per heavy atom. The highest BCUT2D eigenvalue weighted by molar-refractivity contribution is 5.89. The van der Waals surface area contributed by atoms with Crippen LogP contribution in [0.3, 0.4) is 0 Å². The van der Waals surface area contributed by atoms with Crippen LogP contribution >= 0.6 is 0 Å². The second-order valence-corrected chi connectivity index (χ2v) is 9.64. The van der Waals surface area contributed by atoms with Crippen molar-refractivity contribution in [1.29, 1.82) is 5.26 Å². The number of hydrogen-bond acceptors (Lipinski definition) is 6. The van der Waals surface area contributed by atoms with Gasteiger partial charge in [0.05, 0.1) is 29.9 Å².